The van der Waals surface area contributed by atoms with E-state index in [-0.39, 0.29) is 18.0 Å². The number of nitrogen functional groups attached to an aromatic ring is 1. The molecule has 0 spiro atoms. The van der Waals surface area contributed by atoms with Crippen molar-refractivity contribution in [1.82, 2.24) is 19.9 Å². The van der Waals surface area contributed by atoms with Crippen molar-refractivity contribution in [1.29, 1.82) is 0 Å². The summed E-state index contributed by atoms with van der Waals surface area (Å²) in [6, 6.07) is 8.11. The number of halogens is 1. The number of hydrogen-bond acceptors (Lipinski definition) is 6. The van der Waals surface area contributed by atoms with Crippen LogP contribution in [0, 0.1) is 0 Å². The van der Waals surface area contributed by atoms with Crippen LogP contribution in [0.4, 0.5) is 11.4 Å². The number of likely N-dealkylation sites (N-methyl/N-ethyl adjacent to an activating group) is 1. The van der Waals surface area contributed by atoms with Gasteiger partial charge in [0, 0.05) is 37.3 Å². The van der Waals surface area contributed by atoms with Crippen LogP contribution in [0.1, 0.15) is 0 Å². The number of aromatic nitrogens is 3. The molecule has 4 heterocycles. The molecule has 4 aromatic rings. The average Bonchev–Trinajstić information content (AvgIpc) is 3.28. The van der Waals surface area contributed by atoms with Gasteiger partial charge in [0.25, 0.3) is 5.56 Å². The van der Waals surface area contributed by atoms with E-state index in [2.05, 4.69) is 43.9 Å². The number of thiophene rings is 1. The molecule has 5 rings (SSSR count). The first-order valence-corrected chi connectivity index (χ1v) is 9.81. The van der Waals surface area contributed by atoms with Crippen LogP contribution in [0.5, 0.6) is 0 Å². The molecular formula is C19H21ClN6OS. The molecule has 3 aromatic heterocycles. The van der Waals surface area contributed by atoms with Gasteiger partial charge in [-0.1, -0.05) is 0 Å². The lowest BCUT2D eigenvalue weighted by Gasteiger charge is -2.34. The molecule has 0 radical (unpaired) electrons. The zero-order valence-corrected chi connectivity index (χ0v) is 17.0. The predicted molar refractivity (Wildman–Crippen MR) is 119 cm³/mol. The summed E-state index contributed by atoms with van der Waals surface area (Å²) >= 11 is 1.47. The van der Waals surface area contributed by atoms with Crippen LogP contribution in [0.15, 0.2) is 34.4 Å². The number of hydrogen-bond donors (Lipinski definition) is 3. The van der Waals surface area contributed by atoms with E-state index in [1.807, 2.05) is 17.5 Å². The Morgan fingerprint density at radius 3 is 2.71 bits per heavy atom. The van der Waals surface area contributed by atoms with Crippen molar-refractivity contribution < 1.29 is 0 Å². The van der Waals surface area contributed by atoms with Gasteiger partial charge < -0.3 is 25.5 Å². The van der Waals surface area contributed by atoms with E-state index < -0.39 is 0 Å². The summed E-state index contributed by atoms with van der Waals surface area (Å²) in [7, 11) is 2.15. The summed E-state index contributed by atoms with van der Waals surface area (Å²) < 4.78 is 0. The monoisotopic (exact) mass is 416 g/mol. The number of benzene rings is 1. The van der Waals surface area contributed by atoms with Gasteiger partial charge in [-0.15, -0.1) is 23.7 Å². The fourth-order valence-electron chi connectivity index (χ4n) is 3.65. The van der Waals surface area contributed by atoms with E-state index in [1.54, 1.807) is 0 Å². The van der Waals surface area contributed by atoms with Crippen molar-refractivity contribution in [2.45, 2.75) is 0 Å². The number of nitrogens with one attached hydrogen (secondary N) is 2. The van der Waals surface area contributed by atoms with Crippen molar-refractivity contribution in [2.24, 2.45) is 0 Å². The summed E-state index contributed by atoms with van der Waals surface area (Å²) in [5.74, 6) is 0.507. The highest BCUT2D eigenvalue weighted by Crippen LogP contribution is 2.31. The van der Waals surface area contributed by atoms with E-state index >= 15 is 0 Å². The lowest BCUT2D eigenvalue weighted by Crippen LogP contribution is -2.44. The lowest BCUT2D eigenvalue weighted by atomic mass is 10.2. The second-order valence-corrected chi connectivity index (χ2v) is 7.90. The molecule has 28 heavy (non-hydrogen) atoms. The quantitative estimate of drug-likeness (QED) is 0.467. The average molecular weight is 417 g/mol. The fraction of sp³-hybridized carbons (Fsp3) is 0.263. The van der Waals surface area contributed by atoms with Crippen LogP contribution >= 0.6 is 23.7 Å². The molecule has 146 valence electrons. The zero-order chi connectivity index (χ0) is 18.5. The maximum atomic E-state index is 12.6. The SMILES string of the molecule is CN1CCN(c2ccc3nc(-c4c(N)c5ccsc5[nH]c4=O)[nH]c3c2)CC1.Cl. The molecule has 1 aliphatic rings. The largest absolute Gasteiger partial charge is 0.397 e. The van der Waals surface area contributed by atoms with Crippen LogP contribution < -0.4 is 16.2 Å². The summed E-state index contributed by atoms with van der Waals surface area (Å²) in [5.41, 5.74) is 9.84. The molecule has 7 nitrogen and oxygen atoms in total. The Balaban J connectivity index is 0.00000192. The Labute approximate surface area is 171 Å². The third-order valence-electron chi connectivity index (χ3n) is 5.25. The number of rotatable bonds is 2. The lowest BCUT2D eigenvalue weighted by molar-refractivity contribution is 0.313. The van der Waals surface area contributed by atoms with E-state index in [0.29, 0.717) is 17.1 Å². The maximum absolute atomic E-state index is 12.6. The Bertz CT molecular complexity index is 1200. The third kappa shape index (κ3) is 3.03. The van der Waals surface area contributed by atoms with E-state index in [4.69, 9.17) is 5.73 Å². The molecule has 0 amide bonds. The molecule has 0 atom stereocenters. The number of H-pyrrole nitrogens is 2. The number of fused-ring (bicyclic) bond motifs is 2. The second-order valence-electron chi connectivity index (χ2n) is 6.98. The first kappa shape index (κ1) is 18.8. The van der Waals surface area contributed by atoms with Crippen LogP contribution in [-0.4, -0.2) is 53.1 Å². The maximum Gasteiger partial charge on any atom is 0.262 e. The molecule has 0 unspecified atom stereocenters. The highest BCUT2D eigenvalue weighted by atomic mass is 35.5. The van der Waals surface area contributed by atoms with Gasteiger partial charge in [-0.05, 0) is 36.7 Å². The van der Waals surface area contributed by atoms with Crippen LogP contribution in [0.2, 0.25) is 0 Å². The first-order chi connectivity index (χ1) is 13.1. The van der Waals surface area contributed by atoms with E-state index in [9.17, 15) is 4.79 Å². The zero-order valence-electron chi connectivity index (χ0n) is 15.4. The molecule has 4 N–H and O–H groups in total. The Kier molecular flexibility index (Phi) is 4.78. The van der Waals surface area contributed by atoms with Gasteiger partial charge in [-0.3, -0.25) is 4.79 Å². The van der Waals surface area contributed by atoms with Crippen LogP contribution in [0.25, 0.3) is 32.6 Å². The fourth-order valence-corrected chi connectivity index (χ4v) is 4.45. The van der Waals surface area contributed by atoms with Gasteiger partial charge in [0.2, 0.25) is 0 Å². The van der Waals surface area contributed by atoms with Crippen molar-refractivity contribution in [3.8, 4) is 11.4 Å². The standard InChI is InChI=1S/C19H20N6OS.ClH/c1-24-5-7-25(8-6-24)11-2-3-13-14(10-11)22-17(21-13)15-16(20)12-4-9-27-19(12)23-18(15)26;/h2-4,9-10H,5-8H2,1H3,(H,21,22)(H3,20,23,26);1H. The first-order valence-electron chi connectivity index (χ1n) is 8.93. The van der Waals surface area contributed by atoms with Crippen LogP contribution in [0.3, 0.4) is 0 Å². The third-order valence-corrected chi connectivity index (χ3v) is 6.08. The minimum Gasteiger partial charge on any atom is -0.397 e. The molecule has 0 saturated carbocycles. The molecule has 1 saturated heterocycles. The molecule has 1 aliphatic heterocycles. The van der Waals surface area contributed by atoms with Crippen LogP contribution in [-0.2, 0) is 0 Å². The van der Waals surface area contributed by atoms with Crippen molar-refractivity contribution in [2.75, 3.05) is 43.9 Å². The normalized spacial score (nSPS) is 15.2. The van der Waals surface area contributed by atoms with Crippen molar-refractivity contribution in [3.05, 3.63) is 40.0 Å². The minimum atomic E-state index is -0.221. The van der Waals surface area contributed by atoms with Gasteiger partial charge in [-0.2, -0.15) is 0 Å². The topological polar surface area (TPSA) is 94.0 Å². The molecule has 0 aliphatic carbocycles. The highest BCUT2D eigenvalue weighted by Gasteiger charge is 2.18. The minimum absolute atomic E-state index is 0. The van der Waals surface area contributed by atoms with Gasteiger partial charge >= 0.3 is 0 Å². The smallest absolute Gasteiger partial charge is 0.262 e. The summed E-state index contributed by atoms with van der Waals surface area (Å²) in [6.07, 6.45) is 0. The molecular weight excluding hydrogens is 396 g/mol. The Morgan fingerprint density at radius 2 is 1.93 bits per heavy atom. The van der Waals surface area contributed by atoms with E-state index in [1.165, 1.54) is 17.0 Å². The molecule has 0 bridgehead atoms. The summed E-state index contributed by atoms with van der Waals surface area (Å²) in [4.78, 5) is 28.9. The number of anilines is 2. The molecule has 1 fully saturated rings. The molecule has 9 heteroatoms. The summed E-state index contributed by atoms with van der Waals surface area (Å²) in [5, 5.41) is 2.77. The number of pyridine rings is 1. The predicted octanol–water partition coefficient (Wildman–Crippen LogP) is 2.89. The number of aromatic amines is 2. The number of imidazole rings is 1. The molecule has 1 aromatic carbocycles. The highest BCUT2D eigenvalue weighted by molar-refractivity contribution is 7.16. The number of nitrogens with zero attached hydrogens (tertiary/aromatic N) is 3. The Morgan fingerprint density at radius 1 is 1.14 bits per heavy atom. The Hall–Kier alpha value is -2.55. The second kappa shape index (κ2) is 7.12. The number of nitrogens with two attached hydrogens (primary N) is 1. The van der Waals surface area contributed by atoms with E-state index in [0.717, 1.165) is 47.4 Å². The van der Waals surface area contributed by atoms with Crippen molar-refractivity contribution >= 4 is 56.4 Å². The van der Waals surface area contributed by atoms with Gasteiger partial charge in [0.15, 0.2) is 0 Å². The van der Waals surface area contributed by atoms with Gasteiger partial charge in [-0.25, -0.2) is 4.98 Å². The van der Waals surface area contributed by atoms with Gasteiger partial charge in [0.05, 0.1) is 16.7 Å². The van der Waals surface area contributed by atoms with Gasteiger partial charge in [0.1, 0.15) is 16.2 Å². The van der Waals surface area contributed by atoms with Crippen molar-refractivity contribution in [3.63, 3.8) is 0 Å². The summed E-state index contributed by atoms with van der Waals surface area (Å²) in [6.45, 7) is 4.12. The number of piperazine rings is 1.